The average Bonchev–Trinajstić information content (AvgIpc) is 2.15. The summed E-state index contributed by atoms with van der Waals surface area (Å²) in [6.45, 7) is 9.24. The first-order valence-corrected chi connectivity index (χ1v) is 5.14. The third kappa shape index (κ3) is 0.953. The molecule has 0 spiro atoms. The van der Waals surface area contributed by atoms with E-state index in [9.17, 15) is 0 Å². The van der Waals surface area contributed by atoms with Crippen LogP contribution >= 0.6 is 0 Å². The van der Waals surface area contributed by atoms with E-state index in [1.807, 2.05) is 0 Å². The van der Waals surface area contributed by atoms with Gasteiger partial charge in [-0.05, 0) is 44.4 Å². The highest BCUT2D eigenvalue weighted by atomic mass is 16.5. The molecule has 0 aromatic heterocycles. The van der Waals surface area contributed by atoms with Gasteiger partial charge < -0.3 is 4.74 Å². The molecule has 1 saturated heterocycles. The zero-order valence-electron chi connectivity index (χ0n) is 8.68. The van der Waals surface area contributed by atoms with Gasteiger partial charge in [-0.3, -0.25) is 0 Å². The largest absolute Gasteiger partial charge is 0.371 e. The van der Waals surface area contributed by atoms with E-state index in [4.69, 9.17) is 4.74 Å². The first-order valence-electron chi connectivity index (χ1n) is 5.14. The van der Waals surface area contributed by atoms with Gasteiger partial charge in [0.05, 0.1) is 11.7 Å². The standard InChI is InChI=1S/C11H20O/c1-8-5-6-10(3)7-11(8,4)12-9(10)2/h8-9H,5-7H2,1-4H3/t8?,9-,10?,11+/m0/s1. The monoisotopic (exact) mass is 168 g/mol. The summed E-state index contributed by atoms with van der Waals surface area (Å²) in [4.78, 5) is 0. The number of hydrogen-bond acceptors (Lipinski definition) is 1. The Morgan fingerprint density at radius 2 is 1.92 bits per heavy atom. The molecule has 12 heavy (non-hydrogen) atoms. The highest BCUT2D eigenvalue weighted by Crippen LogP contribution is 2.55. The molecule has 1 saturated carbocycles. The van der Waals surface area contributed by atoms with Crippen molar-refractivity contribution in [1.82, 2.24) is 0 Å². The summed E-state index contributed by atoms with van der Waals surface area (Å²) in [5, 5.41) is 0. The molecule has 0 radical (unpaired) electrons. The van der Waals surface area contributed by atoms with E-state index >= 15 is 0 Å². The number of fused-ring (bicyclic) bond motifs is 2. The minimum absolute atomic E-state index is 0.187. The fraction of sp³-hybridized carbons (Fsp3) is 1.00. The van der Waals surface area contributed by atoms with E-state index < -0.39 is 0 Å². The Labute approximate surface area is 75.5 Å². The van der Waals surface area contributed by atoms with Gasteiger partial charge in [0.25, 0.3) is 0 Å². The van der Waals surface area contributed by atoms with Crippen LogP contribution in [0.15, 0.2) is 0 Å². The van der Waals surface area contributed by atoms with Crippen molar-refractivity contribution in [2.75, 3.05) is 0 Å². The lowest BCUT2D eigenvalue weighted by atomic mass is 9.66. The molecule has 1 aliphatic carbocycles. The molecule has 2 rings (SSSR count). The van der Waals surface area contributed by atoms with Crippen LogP contribution in [0, 0.1) is 11.3 Å². The van der Waals surface area contributed by atoms with E-state index in [1.54, 1.807) is 0 Å². The van der Waals surface area contributed by atoms with Crippen molar-refractivity contribution in [3.8, 4) is 0 Å². The van der Waals surface area contributed by atoms with E-state index in [2.05, 4.69) is 27.7 Å². The SMILES string of the molecule is CC1CCC2(C)C[C@@]1(C)O[C@H]2C. The minimum Gasteiger partial charge on any atom is -0.371 e. The van der Waals surface area contributed by atoms with Gasteiger partial charge in [-0.15, -0.1) is 0 Å². The Bertz CT molecular complexity index is 201. The third-order valence-corrected chi connectivity index (χ3v) is 4.37. The number of rotatable bonds is 0. The van der Waals surface area contributed by atoms with Gasteiger partial charge in [-0.2, -0.15) is 0 Å². The Morgan fingerprint density at radius 3 is 2.50 bits per heavy atom. The molecule has 2 aliphatic rings. The van der Waals surface area contributed by atoms with Crippen LogP contribution in [0.4, 0.5) is 0 Å². The fourth-order valence-electron chi connectivity index (χ4n) is 2.97. The van der Waals surface area contributed by atoms with Crippen molar-refractivity contribution < 1.29 is 4.74 Å². The molecule has 1 heterocycles. The van der Waals surface area contributed by atoms with Crippen molar-refractivity contribution in [1.29, 1.82) is 0 Å². The first kappa shape index (κ1) is 8.55. The summed E-state index contributed by atoms with van der Waals surface area (Å²) in [7, 11) is 0. The summed E-state index contributed by atoms with van der Waals surface area (Å²) in [5.74, 6) is 0.746. The first-order chi connectivity index (χ1) is 5.46. The molecular formula is C11H20O. The lowest BCUT2D eigenvalue weighted by Gasteiger charge is -2.38. The topological polar surface area (TPSA) is 9.23 Å². The molecule has 2 bridgehead atoms. The van der Waals surface area contributed by atoms with Gasteiger partial charge in [-0.25, -0.2) is 0 Å². The summed E-state index contributed by atoms with van der Waals surface area (Å²) in [6.07, 6.45) is 4.43. The molecule has 0 amide bonds. The van der Waals surface area contributed by atoms with Gasteiger partial charge in [0.2, 0.25) is 0 Å². The molecule has 0 N–H and O–H groups in total. The van der Waals surface area contributed by atoms with Crippen molar-refractivity contribution in [3.63, 3.8) is 0 Å². The van der Waals surface area contributed by atoms with E-state index in [0.717, 1.165) is 5.92 Å². The molecular weight excluding hydrogens is 148 g/mol. The third-order valence-electron chi connectivity index (χ3n) is 4.37. The van der Waals surface area contributed by atoms with Crippen molar-refractivity contribution in [2.24, 2.45) is 11.3 Å². The second-order valence-electron chi connectivity index (χ2n) is 5.34. The average molecular weight is 168 g/mol. The summed E-state index contributed by atoms with van der Waals surface area (Å²) < 4.78 is 6.09. The summed E-state index contributed by atoms with van der Waals surface area (Å²) >= 11 is 0. The van der Waals surface area contributed by atoms with Crippen LogP contribution in [0.3, 0.4) is 0 Å². The molecule has 1 nitrogen and oxygen atoms in total. The van der Waals surface area contributed by atoms with Gasteiger partial charge in [-0.1, -0.05) is 13.8 Å². The van der Waals surface area contributed by atoms with Crippen molar-refractivity contribution in [2.45, 2.75) is 58.7 Å². The zero-order chi connectivity index (χ0) is 8.98. The van der Waals surface area contributed by atoms with Crippen LogP contribution in [-0.4, -0.2) is 11.7 Å². The highest BCUT2D eigenvalue weighted by Gasteiger charge is 2.54. The molecule has 0 aromatic carbocycles. The minimum atomic E-state index is 0.187. The quantitative estimate of drug-likeness (QED) is 0.540. The van der Waals surface area contributed by atoms with E-state index in [1.165, 1.54) is 19.3 Å². The molecule has 1 heteroatoms. The number of hydrogen-bond donors (Lipinski definition) is 0. The summed E-state index contributed by atoms with van der Waals surface area (Å²) in [5.41, 5.74) is 0.660. The molecule has 2 fully saturated rings. The molecule has 1 aliphatic heterocycles. The smallest absolute Gasteiger partial charge is 0.0690 e. The van der Waals surface area contributed by atoms with Gasteiger partial charge in [0, 0.05) is 0 Å². The molecule has 4 atom stereocenters. The Kier molecular flexibility index (Phi) is 1.61. The van der Waals surface area contributed by atoms with Gasteiger partial charge >= 0.3 is 0 Å². The maximum Gasteiger partial charge on any atom is 0.0690 e. The van der Waals surface area contributed by atoms with Crippen molar-refractivity contribution >= 4 is 0 Å². The molecule has 2 unspecified atom stereocenters. The Balaban J connectivity index is 2.28. The molecule has 0 aromatic rings. The highest BCUT2D eigenvalue weighted by molar-refractivity contribution is 5.03. The summed E-state index contributed by atoms with van der Waals surface area (Å²) in [6, 6.07) is 0. The Hall–Kier alpha value is -0.0400. The zero-order valence-corrected chi connectivity index (χ0v) is 8.68. The maximum atomic E-state index is 6.09. The van der Waals surface area contributed by atoms with Crippen molar-refractivity contribution in [3.05, 3.63) is 0 Å². The second-order valence-corrected chi connectivity index (χ2v) is 5.34. The van der Waals surface area contributed by atoms with E-state index in [0.29, 0.717) is 11.5 Å². The second kappa shape index (κ2) is 2.25. The molecule has 70 valence electrons. The van der Waals surface area contributed by atoms with Gasteiger partial charge in [0.15, 0.2) is 0 Å². The lowest BCUT2D eigenvalue weighted by molar-refractivity contribution is -0.0542. The predicted molar refractivity (Wildman–Crippen MR) is 50.1 cm³/mol. The lowest BCUT2D eigenvalue weighted by Crippen LogP contribution is -2.37. The predicted octanol–water partition coefficient (Wildman–Crippen LogP) is 2.99. The van der Waals surface area contributed by atoms with Gasteiger partial charge in [0.1, 0.15) is 0 Å². The van der Waals surface area contributed by atoms with Crippen LogP contribution in [0.2, 0.25) is 0 Å². The van der Waals surface area contributed by atoms with Crippen LogP contribution in [0.25, 0.3) is 0 Å². The van der Waals surface area contributed by atoms with Crippen LogP contribution in [-0.2, 0) is 4.74 Å². The number of ether oxygens (including phenoxy) is 1. The van der Waals surface area contributed by atoms with Crippen LogP contribution < -0.4 is 0 Å². The maximum absolute atomic E-state index is 6.09. The van der Waals surface area contributed by atoms with Crippen LogP contribution in [0.5, 0.6) is 0 Å². The normalized spacial score (nSPS) is 59.0. The van der Waals surface area contributed by atoms with E-state index in [-0.39, 0.29) is 5.60 Å². The van der Waals surface area contributed by atoms with Crippen LogP contribution in [0.1, 0.15) is 47.0 Å². The fourth-order valence-corrected chi connectivity index (χ4v) is 2.97. The Morgan fingerprint density at radius 1 is 1.25 bits per heavy atom.